The molecule has 0 saturated heterocycles. The summed E-state index contributed by atoms with van der Waals surface area (Å²) in [6, 6.07) is 16.4. The highest BCUT2D eigenvalue weighted by atomic mass is 16.1. The lowest BCUT2D eigenvalue weighted by molar-refractivity contribution is 0.112. The second-order valence-electron chi connectivity index (χ2n) is 4.35. The Balaban J connectivity index is 2.58. The summed E-state index contributed by atoms with van der Waals surface area (Å²) in [6.45, 7) is 2.02. The van der Waals surface area contributed by atoms with Gasteiger partial charge in [0.15, 0.2) is 6.29 Å². The van der Waals surface area contributed by atoms with Gasteiger partial charge in [-0.15, -0.1) is 0 Å². The van der Waals surface area contributed by atoms with Crippen molar-refractivity contribution in [3.05, 3.63) is 59.7 Å². The van der Waals surface area contributed by atoms with E-state index in [1.165, 1.54) is 10.8 Å². The van der Waals surface area contributed by atoms with Gasteiger partial charge in [0, 0.05) is 5.56 Å². The minimum atomic E-state index is 0.769. The highest BCUT2D eigenvalue weighted by Crippen LogP contribution is 2.28. The number of aryl methyl sites for hydroxylation is 1. The lowest BCUT2D eigenvalue weighted by atomic mass is 9.97. The van der Waals surface area contributed by atoms with E-state index < -0.39 is 0 Å². The fourth-order valence-electron chi connectivity index (χ4n) is 2.39. The first-order valence-electron chi connectivity index (χ1n) is 5.67. The zero-order valence-electron chi connectivity index (χ0n) is 9.60. The molecule has 1 nitrogen and oxygen atoms in total. The van der Waals surface area contributed by atoms with E-state index in [9.17, 15) is 4.79 Å². The molecule has 0 heterocycles. The van der Waals surface area contributed by atoms with E-state index in [-0.39, 0.29) is 0 Å². The van der Waals surface area contributed by atoms with Crippen molar-refractivity contribution >= 4 is 27.8 Å². The third kappa shape index (κ3) is 1.51. The Morgan fingerprint density at radius 1 is 0.882 bits per heavy atom. The number of benzene rings is 3. The highest BCUT2D eigenvalue weighted by Gasteiger charge is 2.04. The van der Waals surface area contributed by atoms with Crippen LogP contribution >= 0.6 is 0 Å². The van der Waals surface area contributed by atoms with Crippen molar-refractivity contribution in [1.82, 2.24) is 0 Å². The Morgan fingerprint density at radius 2 is 1.71 bits per heavy atom. The Kier molecular flexibility index (Phi) is 2.19. The van der Waals surface area contributed by atoms with Gasteiger partial charge in [0.05, 0.1) is 0 Å². The van der Waals surface area contributed by atoms with Gasteiger partial charge >= 0.3 is 0 Å². The number of aldehydes is 1. The highest BCUT2D eigenvalue weighted by molar-refractivity contribution is 6.12. The van der Waals surface area contributed by atoms with Crippen molar-refractivity contribution < 1.29 is 4.79 Å². The zero-order valence-corrected chi connectivity index (χ0v) is 9.60. The summed E-state index contributed by atoms with van der Waals surface area (Å²) in [4.78, 5) is 11.1. The molecule has 0 unspecified atom stereocenters. The van der Waals surface area contributed by atoms with Crippen LogP contribution in [0.4, 0.5) is 0 Å². The van der Waals surface area contributed by atoms with Crippen LogP contribution in [0, 0.1) is 6.92 Å². The summed E-state index contributed by atoms with van der Waals surface area (Å²) in [5, 5.41) is 4.61. The smallest absolute Gasteiger partial charge is 0.150 e. The van der Waals surface area contributed by atoms with Gasteiger partial charge in [-0.2, -0.15) is 0 Å². The molecule has 0 N–H and O–H groups in total. The van der Waals surface area contributed by atoms with Crippen LogP contribution in [0.2, 0.25) is 0 Å². The number of carbonyl (C=O) groups is 1. The van der Waals surface area contributed by atoms with Gasteiger partial charge in [0.1, 0.15) is 0 Å². The Labute approximate surface area is 99.7 Å². The van der Waals surface area contributed by atoms with Gasteiger partial charge in [0.2, 0.25) is 0 Å². The maximum atomic E-state index is 11.1. The second kappa shape index (κ2) is 3.70. The molecular formula is C16H12O. The number of hydrogen-bond donors (Lipinski definition) is 0. The number of fused-ring (bicyclic) bond motifs is 3. The van der Waals surface area contributed by atoms with E-state index in [1.54, 1.807) is 0 Å². The van der Waals surface area contributed by atoms with Crippen molar-refractivity contribution in [2.75, 3.05) is 0 Å². The molecule has 0 bridgehead atoms. The van der Waals surface area contributed by atoms with E-state index in [0.29, 0.717) is 0 Å². The molecule has 0 aromatic heterocycles. The average molecular weight is 220 g/mol. The first-order valence-corrected chi connectivity index (χ1v) is 5.67. The summed E-state index contributed by atoms with van der Waals surface area (Å²) in [6.07, 6.45) is 0.935. The normalized spacial score (nSPS) is 10.9. The third-order valence-corrected chi connectivity index (χ3v) is 3.16. The molecule has 0 spiro atoms. The molecule has 0 saturated carbocycles. The first kappa shape index (κ1) is 10.0. The molecule has 1 heteroatoms. The lowest BCUT2D eigenvalue weighted by Gasteiger charge is -2.07. The standard InChI is InChI=1S/C16H12O/c1-11-8-13(10-17)15-7-6-12-4-2-3-5-14(12)16(15)9-11/h2-10H,1H3. The van der Waals surface area contributed by atoms with Crippen molar-refractivity contribution in [3.63, 3.8) is 0 Å². The predicted octanol–water partition coefficient (Wildman–Crippen LogP) is 4.11. The zero-order chi connectivity index (χ0) is 11.8. The van der Waals surface area contributed by atoms with E-state index >= 15 is 0 Å². The van der Waals surface area contributed by atoms with Crippen LogP contribution < -0.4 is 0 Å². The average Bonchev–Trinajstić information content (AvgIpc) is 2.37. The molecule has 82 valence electrons. The van der Waals surface area contributed by atoms with Gasteiger partial charge in [-0.05, 0) is 40.1 Å². The van der Waals surface area contributed by atoms with Gasteiger partial charge in [-0.3, -0.25) is 4.79 Å². The predicted molar refractivity (Wildman–Crippen MR) is 71.6 cm³/mol. The molecule has 3 rings (SSSR count). The quantitative estimate of drug-likeness (QED) is 0.445. The molecule has 17 heavy (non-hydrogen) atoms. The summed E-state index contributed by atoms with van der Waals surface area (Å²) in [5.41, 5.74) is 1.89. The molecule has 0 radical (unpaired) electrons. The molecule has 3 aromatic carbocycles. The van der Waals surface area contributed by atoms with Gasteiger partial charge in [-0.1, -0.05) is 42.5 Å². The topological polar surface area (TPSA) is 17.1 Å². The second-order valence-corrected chi connectivity index (χ2v) is 4.35. The van der Waals surface area contributed by atoms with E-state index in [0.717, 1.165) is 28.2 Å². The first-order chi connectivity index (χ1) is 8.29. The van der Waals surface area contributed by atoms with Gasteiger partial charge in [-0.25, -0.2) is 0 Å². The van der Waals surface area contributed by atoms with E-state index in [4.69, 9.17) is 0 Å². The summed E-state index contributed by atoms with van der Waals surface area (Å²) < 4.78 is 0. The third-order valence-electron chi connectivity index (χ3n) is 3.16. The van der Waals surface area contributed by atoms with Gasteiger partial charge in [0.25, 0.3) is 0 Å². The lowest BCUT2D eigenvalue weighted by Crippen LogP contribution is -1.87. The maximum absolute atomic E-state index is 11.1. The van der Waals surface area contributed by atoms with Crippen LogP contribution in [0.5, 0.6) is 0 Å². The van der Waals surface area contributed by atoms with Crippen LogP contribution in [-0.4, -0.2) is 6.29 Å². The van der Waals surface area contributed by atoms with Crippen molar-refractivity contribution in [1.29, 1.82) is 0 Å². The summed E-state index contributed by atoms with van der Waals surface area (Å²) >= 11 is 0. The Bertz CT molecular complexity index is 726. The summed E-state index contributed by atoms with van der Waals surface area (Å²) in [5.74, 6) is 0. The maximum Gasteiger partial charge on any atom is 0.150 e. The monoisotopic (exact) mass is 220 g/mol. The SMILES string of the molecule is Cc1cc(C=O)c2ccc3ccccc3c2c1. The molecule has 0 aliphatic heterocycles. The molecule has 0 fully saturated rings. The van der Waals surface area contributed by atoms with E-state index in [1.807, 2.05) is 31.2 Å². The summed E-state index contributed by atoms with van der Waals surface area (Å²) in [7, 11) is 0. The molecule has 0 aliphatic carbocycles. The minimum absolute atomic E-state index is 0.769. The van der Waals surface area contributed by atoms with Crippen LogP contribution in [0.15, 0.2) is 48.5 Å². The largest absolute Gasteiger partial charge is 0.298 e. The Morgan fingerprint density at radius 3 is 2.53 bits per heavy atom. The minimum Gasteiger partial charge on any atom is -0.298 e. The molecule has 3 aromatic rings. The fraction of sp³-hybridized carbons (Fsp3) is 0.0625. The molecule has 0 aliphatic rings. The molecule has 0 atom stereocenters. The Hall–Kier alpha value is -2.15. The number of rotatable bonds is 1. The number of carbonyl (C=O) groups excluding carboxylic acids is 1. The fourth-order valence-corrected chi connectivity index (χ4v) is 2.39. The van der Waals surface area contributed by atoms with Crippen LogP contribution in [0.1, 0.15) is 15.9 Å². The van der Waals surface area contributed by atoms with Gasteiger partial charge < -0.3 is 0 Å². The van der Waals surface area contributed by atoms with Crippen molar-refractivity contribution in [2.24, 2.45) is 0 Å². The van der Waals surface area contributed by atoms with Crippen molar-refractivity contribution in [3.8, 4) is 0 Å². The van der Waals surface area contributed by atoms with Crippen LogP contribution in [0.3, 0.4) is 0 Å². The molecule has 0 amide bonds. The molecular weight excluding hydrogens is 208 g/mol. The van der Waals surface area contributed by atoms with Crippen LogP contribution in [-0.2, 0) is 0 Å². The van der Waals surface area contributed by atoms with Crippen molar-refractivity contribution in [2.45, 2.75) is 6.92 Å². The number of hydrogen-bond acceptors (Lipinski definition) is 1. The van der Waals surface area contributed by atoms with Crippen LogP contribution in [0.25, 0.3) is 21.5 Å². The van der Waals surface area contributed by atoms with E-state index in [2.05, 4.69) is 24.3 Å².